The van der Waals surface area contributed by atoms with Gasteiger partial charge >= 0.3 is 0 Å². The van der Waals surface area contributed by atoms with Gasteiger partial charge in [0.25, 0.3) is 0 Å². The molecular formula is C16H21N5O. The third-order valence-electron chi connectivity index (χ3n) is 4.24. The Kier molecular flexibility index (Phi) is 4.18. The molecule has 0 aliphatic heterocycles. The van der Waals surface area contributed by atoms with E-state index in [1.165, 1.54) is 0 Å². The van der Waals surface area contributed by atoms with Gasteiger partial charge in [-0.2, -0.15) is 5.21 Å². The molecule has 6 nitrogen and oxygen atoms in total. The van der Waals surface area contributed by atoms with Crippen LogP contribution in [0.15, 0.2) is 30.3 Å². The van der Waals surface area contributed by atoms with Crippen molar-refractivity contribution in [3.05, 3.63) is 41.7 Å². The number of carbonyl (C=O) groups excluding carboxylic acids is 1. The lowest BCUT2D eigenvalue weighted by molar-refractivity contribution is -0.132. The molecule has 2 aromatic rings. The lowest BCUT2D eigenvalue weighted by Gasteiger charge is -2.25. The van der Waals surface area contributed by atoms with Crippen LogP contribution in [0.4, 0.5) is 0 Å². The number of amides is 1. The van der Waals surface area contributed by atoms with Crippen molar-refractivity contribution in [1.29, 1.82) is 0 Å². The second-order valence-electron chi connectivity index (χ2n) is 6.12. The van der Waals surface area contributed by atoms with Gasteiger partial charge in [-0.05, 0) is 24.3 Å². The molecule has 0 radical (unpaired) electrons. The van der Waals surface area contributed by atoms with Crippen LogP contribution in [0.1, 0.15) is 43.0 Å². The Hall–Kier alpha value is -2.24. The summed E-state index contributed by atoms with van der Waals surface area (Å²) in [5.41, 5.74) is 1.12. The summed E-state index contributed by atoms with van der Waals surface area (Å²) in [6.07, 6.45) is 2.28. The second-order valence-corrected chi connectivity index (χ2v) is 6.12. The smallest absolute Gasteiger partial charge is 0.230 e. The fourth-order valence-electron chi connectivity index (χ4n) is 2.90. The molecule has 0 unspecified atom stereocenters. The first-order valence-corrected chi connectivity index (χ1v) is 7.70. The maximum Gasteiger partial charge on any atom is 0.230 e. The molecule has 1 N–H and O–H groups in total. The van der Waals surface area contributed by atoms with Crippen LogP contribution in [0.25, 0.3) is 0 Å². The molecule has 1 heterocycles. The molecule has 0 bridgehead atoms. The van der Waals surface area contributed by atoms with Crippen molar-refractivity contribution in [3.63, 3.8) is 0 Å². The predicted octanol–water partition coefficient (Wildman–Crippen LogP) is 1.96. The number of aromatic nitrogens is 4. The molecule has 3 rings (SSSR count). The zero-order valence-electron chi connectivity index (χ0n) is 12.9. The summed E-state index contributed by atoms with van der Waals surface area (Å²) in [6.45, 7) is 2.59. The van der Waals surface area contributed by atoms with Crippen LogP contribution in [0, 0.1) is 5.92 Å². The summed E-state index contributed by atoms with van der Waals surface area (Å²) in [7, 11) is 1.86. The monoisotopic (exact) mass is 299 g/mol. The third kappa shape index (κ3) is 3.16. The molecule has 1 amide bonds. The van der Waals surface area contributed by atoms with Crippen LogP contribution in [0.3, 0.4) is 0 Å². The van der Waals surface area contributed by atoms with E-state index in [0.717, 1.165) is 18.4 Å². The largest absolute Gasteiger partial charge is 0.344 e. The number of likely N-dealkylation sites (N-methyl/N-ethyl adjacent to an activating group) is 1. The number of hydrogen-bond donors (Lipinski definition) is 1. The first-order valence-electron chi connectivity index (χ1n) is 7.70. The highest BCUT2D eigenvalue weighted by atomic mass is 16.2. The second kappa shape index (κ2) is 6.25. The average Bonchev–Trinajstić information content (AvgIpc) is 3.20. The van der Waals surface area contributed by atoms with Crippen LogP contribution in [-0.2, 0) is 4.79 Å². The highest BCUT2D eigenvalue weighted by Crippen LogP contribution is 2.43. The lowest BCUT2D eigenvalue weighted by atomic mass is 9.92. The minimum Gasteiger partial charge on any atom is -0.344 e. The lowest BCUT2D eigenvalue weighted by Crippen LogP contribution is -2.35. The van der Waals surface area contributed by atoms with E-state index >= 15 is 0 Å². The Bertz CT molecular complexity index is 609. The average molecular weight is 299 g/mol. The number of nitrogens with one attached hydrogen (secondary N) is 1. The molecule has 0 spiro atoms. The zero-order chi connectivity index (χ0) is 15.5. The van der Waals surface area contributed by atoms with E-state index in [1.807, 2.05) is 32.2 Å². The van der Waals surface area contributed by atoms with E-state index < -0.39 is 0 Å². The predicted molar refractivity (Wildman–Crippen MR) is 82.1 cm³/mol. The van der Waals surface area contributed by atoms with Gasteiger partial charge in [0.2, 0.25) is 5.91 Å². The van der Waals surface area contributed by atoms with Gasteiger partial charge in [0.1, 0.15) is 0 Å². The summed E-state index contributed by atoms with van der Waals surface area (Å²) in [5.74, 6) is 1.34. The van der Waals surface area contributed by atoms with E-state index in [0.29, 0.717) is 18.3 Å². The van der Waals surface area contributed by atoms with E-state index in [9.17, 15) is 4.79 Å². The number of aromatic amines is 1. The number of tetrazole rings is 1. The minimum absolute atomic E-state index is 0.0244. The first-order chi connectivity index (χ1) is 10.7. The number of hydrogen-bond acceptors (Lipinski definition) is 4. The topological polar surface area (TPSA) is 74.8 Å². The normalized spacial score (nSPS) is 17.0. The van der Waals surface area contributed by atoms with Crippen LogP contribution >= 0.6 is 0 Å². The zero-order valence-corrected chi connectivity index (χ0v) is 12.9. The molecule has 1 saturated carbocycles. The van der Waals surface area contributed by atoms with Crippen molar-refractivity contribution in [1.82, 2.24) is 25.5 Å². The maximum atomic E-state index is 12.9. The van der Waals surface area contributed by atoms with Gasteiger partial charge in [0.15, 0.2) is 5.82 Å². The summed E-state index contributed by atoms with van der Waals surface area (Å²) < 4.78 is 0. The van der Waals surface area contributed by atoms with Crippen molar-refractivity contribution in [2.75, 3.05) is 13.6 Å². The van der Waals surface area contributed by atoms with Crippen molar-refractivity contribution in [3.8, 4) is 0 Å². The van der Waals surface area contributed by atoms with Gasteiger partial charge in [-0.15, -0.1) is 10.2 Å². The highest BCUT2D eigenvalue weighted by Gasteiger charge is 2.38. The summed E-state index contributed by atoms with van der Waals surface area (Å²) >= 11 is 0. The van der Waals surface area contributed by atoms with Crippen molar-refractivity contribution in [2.45, 2.75) is 31.6 Å². The van der Waals surface area contributed by atoms with Gasteiger partial charge < -0.3 is 4.90 Å². The maximum absolute atomic E-state index is 12.9. The van der Waals surface area contributed by atoms with Crippen molar-refractivity contribution in [2.24, 2.45) is 5.92 Å². The van der Waals surface area contributed by atoms with Crippen LogP contribution < -0.4 is 0 Å². The standard InChI is InChI=1S/C16H21N5O/c1-11(15-17-19-20-18-15)10-21(2)16(22)14(13-8-9-13)12-6-4-3-5-7-12/h3-7,11,13-14H,8-10H2,1-2H3,(H,17,18,19,20)/t11-,14+/m1/s1. The molecule has 2 atom stereocenters. The van der Waals surface area contributed by atoms with Gasteiger partial charge in [0, 0.05) is 19.5 Å². The Balaban J connectivity index is 1.70. The number of carbonyl (C=O) groups is 1. The van der Waals surface area contributed by atoms with Crippen LogP contribution in [-0.4, -0.2) is 45.0 Å². The van der Waals surface area contributed by atoms with Crippen molar-refractivity contribution < 1.29 is 4.79 Å². The molecule has 1 aliphatic rings. The van der Waals surface area contributed by atoms with Crippen LogP contribution in [0.2, 0.25) is 0 Å². The van der Waals surface area contributed by atoms with E-state index in [-0.39, 0.29) is 17.7 Å². The molecule has 6 heteroatoms. The fourth-order valence-corrected chi connectivity index (χ4v) is 2.90. The molecule has 1 fully saturated rings. The Morgan fingerprint density at radius 1 is 1.36 bits per heavy atom. The first kappa shape index (κ1) is 14.7. The highest BCUT2D eigenvalue weighted by molar-refractivity contribution is 5.84. The molecule has 0 saturated heterocycles. The number of rotatable bonds is 6. The summed E-state index contributed by atoms with van der Waals surface area (Å²) in [6, 6.07) is 10.1. The Morgan fingerprint density at radius 3 is 2.68 bits per heavy atom. The molecule has 1 aromatic heterocycles. The summed E-state index contributed by atoms with van der Waals surface area (Å²) in [5, 5.41) is 14.0. The molecule has 1 aromatic carbocycles. The van der Waals surface area contributed by atoms with Gasteiger partial charge in [0.05, 0.1) is 5.92 Å². The number of H-pyrrole nitrogens is 1. The van der Waals surface area contributed by atoms with Gasteiger partial charge in [-0.1, -0.05) is 42.5 Å². The third-order valence-corrected chi connectivity index (χ3v) is 4.24. The Labute approximate surface area is 129 Å². The summed E-state index contributed by atoms with van der Waals surface area (Å²) in [4.78, 5) is 14.7. The van der Waals surface area contributed by atoms with Crippen LogP contribution in [0.5, 0.6) is 0 Å². The van der Waals surface area contributed by atoms with E-state index in [1.54, 1.807) is 4.90 Å². The number of nitrogens with zero attached hydrogens (tertiary/aromatic N) is 4. The van der Waals surface area contributed by atoms with E-state index in [4.69, 9.17) is 0 Å². The van der Waals surface area contributed by atoms with E-state index in [2.05, 4.69) is 32.8 Å². The molecular weight excluding hydrogens is 278 g/mol. The van der Waals surface area contributed by atoms with Gasteiger partial charge in [-0.25, -0.2) is 0 Å². The molecule has 22 heavy (non-hydrogen) atoms. The quantitative estimate of drug-likeness (QED) is 0.884. The molecule has 116 valence electrons. The molecule has 1 aliphatic carbocycles. The van der Waals surface area contributed by atoms with Crippen molar-refractivity contribution >= 4 is 5.91 Å². The van der Waals surface area contributed by atoms with Gasteiger partial charge in [-0.3, -0.25) is 4.79 Å². The number of benzene rings is 1. The minimum atomic E-state index is -0.0244. The Morgan fingerprint density at radius 2 is 2.09 bits per heavy atom. The SMILES string of the molecule is C[C@H](CN(C)C(=O)[C@@H](c1ccccc1)C1CC1)c1nn[nH]n1. The fraction of sp³-hybridized carbons (Fsp3) is 0.500.